The molecule has 1 N–H and O–H groups in total. The highest BCUT2D eigenvalue weighted by atomic mass is 16.5. The first-order chi connectivity index (χ1) is 14.0. The first-order valence-corrected chi connectivity index (χ1v) is 9.83. The Hall–Kier alpha value is -3.12. The molecule has 1 aliphatic rings. The Morgan fingerprint density at radius 1 is 1.41 bits per heavy atom. The lowest BCUT2D eigenvalue weighted by Gasteiger charge is -2.19. The van der Waals surface area contributed by atoms with Crippen molar-refractivity contribution in [1.82, 2.24) is 24.3 Å². The second kappa shape index (κ2) is 7.72. The Morgan fingerprint density at radius 2 is 2.24 bits per heavy atom. The predicted octanol–water partition coefficient (Wildman–Crippen LogP) is 3.16. The standard InChI is InChI=1S/C20H25N7O2/c1-5-13-10-28-11-17(13)27-15(7-21)6-14-8-22-20(24-18(14)27)23-16-9-26(4)25-19(16)29-12(2)3/h6,8-9,12-13,17H,5,10-11H2,1-4H3,(H,22,23,24)/t13-,17?/m1/s1. The fourth-order valence-electron chi connectivity index (χ4n) is 3.74. The Bertz CT molecular complexity index is 1060. The number of nitriles is 1. The molecule has 2 atom stereocenters. The molecule has 0 spiro atoms. The van der Waals surface area contributed by atoms with Gasteiger partial charge < -0.3 is 19.4 Å². The van der Waals surface area contributed by atoms with E-state index < -0.39 is 0 Å². The van der Waals surface area contributed by atoms with Gasteiger partial charge in [-0.05, 0) is 26.3 Å². The zero-order valence-electron chi connectivity index (χ0n) is 17.1. The molecule has 9 heteroatoms. The second-order valence-electron chi connectivity index (χ2n) is 7.57. The second-order valence-corrected chi connectivity index (χ2v) is 7.57. The molecule has 0 aliphatic carbocycles. The summed E-state index contributed by atoms with van der Waals surface area (Å²) in [7, 11) is 1.83. The lowest BCUT2D eigenvalue weighted by Crippen LogP contribution is -2.19. The molecule has 1 aliphatic heterocycles. The molecule has 0 radical (unpaired) electrons. The molecule has 0 bridgehead atoms. The molecule has 3 aromatic rings. The van der Waals surface area contributed by atoms with Gasteiger partial charge in [-0.15, -0.1) is 5.10 Å². The van der Waals surface area contributed by atoms with Gasteiger partial charge in [-0.3, -0.25) is 4.68 Å². The highest BCUT2D eigenvalue weighted by Crippen LogP contribution is 2.34. The van der Waals surface area contributed by atoms with Crippen LogP contribution in [0.2, 0.25) is 0 Å². The molecular weight excluding hydrogens is 370 g/mol. The highest BCUT2D eigenvalue weighted by molar-refractivity contribution is 5.79. The first kappa shape index (κ1) is 19.2. The van der Waals surface area contributed by atoms with Crippen LogP contribution in [0, 0.1) is 17.2 Å². The van der Waals surface area contributed by atoms with Crippen molar-refractivity contribution in [2.45, 2.75) is 39.3 Å². The summed E-state index contributed by atoms with van der Waals surface area (Å²) in [6, 6.07) is 4.22. The lowest BCUT2D eigenvalue weighted by molar-refractivity contribution is 0.180. The van der Waals surface area contributed by atoms with Crippen LogP contribution in [0.1, 0.15) is 38.9 Å². The van der Waals surface area contributed by atoms with Crippen LogP contribution in [-0.4, -0.2) is 43.6 Å². The summed E-state index contributed by atoms with van der Waals surface area (Å²) in [5, 5.41) is 18.0. The average Bonchev–Trinajstić information content (AvgIpc) is 3.37. The van der Waals surface area contributed by atoms with Gasteiger partial charge in [0.05, 0.1) is 31.6 Å². The van der Waals surface area contributed by atoms with Crippen molar-refractivity contribution in [3.63, 3.8) is 0 Å². The van der Waals surface area contributed by atoms with Crippen LogP contribution in [0.3, 0.4) is 0 Å². The third-order valence-corrected chi connectivity index (χ3v) is 5.10. The quantitative estimate of drug-likeness (QED) is 0.684. The van der Waals surface area contributed by atoms with E-state index in [0.29, 0.717) is 42.3 Å². The van der Waals surface area contributed by atoms with Crippen LogP contribution in [0.25, 0.3) is 11.0 Å². The zero-order valence-corrected chi connectivity index (χ0v) is 17.1. The van der Waals surface area contributed by atoms with Gasteiger partial charge >= 0.3 is 0 Å². The summed E-state index contributed by atoms with van der Waals surface area (Å²) in [6.07, 6.45) is 4.54. The molecular formula is C20H25N7O2. The Balaban J connectivity index is 1.73. The summed E-state index contributed by atoms with van der Waals surface area (Å²) in [6.45, 7) is 7.33. The Kier molecular flexibility index (Phi) is 5.11. The van der Waals surface area contributed by atoms with Crippen molar-refractivity contribution < 1.29 is 9.47 Å². The maximum Gasteiger partial charge on any atom is 0.257 e. The van der Waals surface area contributed by atoms with Crippen LogP contribution in [-0.2, 0) is 11.8 Å². The van der Waals surface area contributed by atoms with Crippen LogP contribution < -0.4 is 10.1 Å². The van der Waals surface area contributed by atoms with Gasteiger partial charge in [0.15, 0.2) is 0 Å². The van der Waals surface area contributed by atoms with E-state index >= 15 is 0 Å². The molecule has 3 aromatic heterocycles. The fraction of sp³-hybridized carbons (Fsp3) is 0.500. The molecule has 0 aromatic carbocycles. The summed E-state index contributed by atoms with van der Waals surface area (Å²) in [4.78, 5) is 9.14. The van der Waals surface area contributed by atoms with Crippen LogP contribution >= 0.6 is 0 Å². The molecule has 0 saturated carbocycles. The number of aryl methyl sites for hydroxylation is 1. The first-order valence-electron chi connectivity index (χ1n) is 9.83. The normalized spacial score (nSPS) is 19.0. The van der Waals surface area contributed by atoms with Crippen molar-refractivity contribution >= 4 is 22.7 Å². The van der Waals surface area contributed by atoms with Crippen molar-refractivity contribution in [2.75, 3.05) is 18.5 Å². The molecule has 9 nitrogen and oxygen atoms in total. The van der Waals surface area contributed by atoms with E-state index in [4.69, 9.17) is 14.5 Å². The Labute approximate surface area is 169 Å². The van der Waals surface area contributed by atoms with Gasteiger partial charge in [-0.25, -0.2) is 4.98 Å². The van der Waals surface area contributed by atoms with E-state index in [1.54, 1.807) is 10.9 Å². The van der Waals surface area contributed by atoms with Crippen LogP contribution in [0.5, 0.6) is 5.88 Å². The number of nitrogens with zero attached hydrogens (tertiary/aromatic N) is 6. The largest absolute Gasteiger partial charge is 0.472 e. The van der Waals surface area contributed by atoms with Crippen molar-refractivity contribution in [3.8, 4) is 11.9 Å². The molecule has 1 unspecified atom stereocenters. The van der Waals surface area contributed by atoms with Gasteiger partial charge in [0.1, 0.15) is 23.1 Å². The van der Waals surface area contributed by atoms with Crippen LogP contribution in [0.4, 0.5) is 11.6 Å². The highest BCUT2D eigenvalue weighted by Gasteiger charge is 2.31. The fourth-order valence-corrected chi connectivity index (χ4v) is 3.74. The van der Waals surface area contributed by atoms with Crippen LogP contribution in [0.15, 0.2) is 18.5 Å². The van der Waals surface area contributed by atoms with E-state index in [1.807, 2.05) is 37.7 Å². The minimum absolute atomic E-state index is 0.00221. The van der Waals surface area contributed by atoms with Gasteiger partial charge in [-0.2, -0.15) is 10.2 Å². The zero-order chi connectivity index (χ0) is 20.5. The summed E-state index contributed by atoms with van der Waals surface area (Å²) in [5.41, 5.74) is 1.99. The molecule has 29 heavy (non-hydrogen) atoms. The summed E-state index contributed by atoms with van der Waals surface area (Å²) >= 11 is 0. The van der Waals surface area contributed by atoms with Gasteiger partial charge in [0.25, 0.3) is 5.88 Å². The number of ether oxygens (including phenoxy) is 2. The lowest BCUT2D eigenvalue weighted by atomic mass is 10.0. The van der Waals surface area contributed by atoms with Gasteiger partial charge in [-0.1, -0.05) is 6.92 Å². The SMILES string of the molecule is CC[C@@H]1COCC1n1c(C#N)cc2cnc(Nc3cn(C)nc3OC(C)C)nc21. The Morgan fingerprint density at radius 3 is 2.97 bits per heavy atom. The number of anilines is 2. The monoisotopic (exact) mass is 395 g/mol. The van der Waals surface area contributed by atoms with Gasteiger partial charge in [0.2, 0.25) is 5.95 Å². The molecule has 152 valence electrons. The third-order valence-electron chi connectivity index (χ3n) is 5.10. The summed E-state index contributed by atoms with van der Waals surface area (Å²) < 4.78 is 15.1. The van der Waals surface area contributed by atoms with Crippen molar-refractivity contribution in [2.24, 2.45) is 13.0 Å². The molecule has 4 heterocycles. The summed E-state index contributed by atoms with van der Waals surface area (Å²) in [5.74, 6) is 1.28. The number of aromatic nitrogens is 5. The number of hydrogen-bond donors (Lipinski definition) is 1. The average molecular weight is 395 g/mol. The number of fused-ring (bicyclic) bond motifs is 1. The maximum atomic E-state index is 9.66. The van der Waals surface area contributed by atoms with E-state index in [0.717, 1.165) is 17.5 Å². The topological polar surface area (TPSA) is 103 Å². The number of hydrogen-bond acceptors (Lipinski definition) is 7. The number of nitrogens with one attached hydrogen (secondary N) is 1. The maximum absolute atomic E-state index is 9.66. The minimum Gasteiger partial charge on any atom is -0.472 e. The smallest absolute Gasteiger partial charge is 0.257 e. The van der Waals surface area contributed by atoms with Gasteiger partial charge in [0, 0.05) is 24.5 Å². The van der Waals surface area contributed by atoms with E-state index in [1.165, 1.54) is 0 Å². The molecule has 0 amide bonds. The van der Waals surface area contributed by atoms with Crippen molar-refractivity contribution in [1.29, 1.82) is 5.26 Å². The number of rotatable bonds is 6. The molecule has 4 rings (SSSR count). The predicted molar refractivity (Wildman–Crippen MR) is 108 cm³/mol. The van der Waals surface area contributed by atoms with E-state index in [2.05, 4.69) is 28.4 Å². The minimum atomic E-state index is -0.00221. The van der Waals surface area contributed by atoms with E-state index in [-0.39, 0.29) is 12.1 Å². The molecule has 1 saturated heterocycles. The van der Waals surface area contributed by atoms with Crippen molar-refractivity contribution in [3.05, 3.63) is 24.2 Å². The molecule has 1 fully saturated rings. The van der Waals surface area contributed by atoms with E-state index in [9.17, 15) is 5.26 Å². The third kappa shape index (κ3) is 3.63.